The number of nitrogens with one attached hydrogen (secondary N) is 1. The van der Waals surface area contributed by atoms with E-state index in [-0.39, 0.29) is 28.9 Å². The summed E-state index contributed by atoms with van der Waals surface area (Å²) in [7, 11) is 1.24. The number of hydrogen-bond acceptors (Lipinski definition) is 6. The zero-order valence-corrected chi connectivity index (χ0v) is 17.8. The van der Waals surface area contributed by atoms with Crippen LogP contribution < -0.4 is 10.1 Å². The Hall–Kier alpha value is -3.76. The molecule has 0 radical (unpaired) electrons. The summed E-state index contributed by atoms with van der Waals surface area (Å²) < 4.78 is 114. The number of aryl methyl sites for hydroxylation is 1. The molecule has 3 rings (SSSR count). The molecule has 1 aromatic heterocycles. The van der Waals surface area contributed by atoms with Crippen LogP contribution in [0.3, 0.4) is 0 Å². The lowest BCUT2D eigenvalue weighted by atomic mass is 10.0. The molecule has 0 aliphatic rings. The highest BCUT2D eigenvalue weighted by Gasteiger charge is 2.16. The molecule has 3 aromatic rings. The van der Waals surface area contributed by atoms with E-state index in [9.17, 15) is 14.4 Å². The molecule has 0 aliphatic heterocycles. The van der Waals surface area contributed by atoms with Gasteiger partial charge in [0.25, 0.3) is 0 Å². The third-order valence-electron chi connectivity index (χ3n) is 4.46. The predicted molar refractivity (Wildman–Crippen MR) is 128 cm³/mol. The second kappa shape index (κ2) is 10.7. The van der Waals surface area contributed by atoms with E-state index in [2.05, 4.69) is 10.3 Å². The summed E-state index contributed by atoms with van der Waals surface area (Å²) in [6.07, 6.45) is -0.573. The number of rotatable bonds is 9. The second-order valence-electron chi connectivity index (χ2n) is 6.99. The zero-order valence-electron chi connectivity index (χ0n) is 29.8. The van der Waals surface area contributed by atoms with E-state index in [0.717, 1.165) is 17.0 Å². The molecule has 0 bridgehead atoms. The number of nitriles is 1. The molecule has 0 atom stereocenters. The van der Waals surface area contributed by atoms with Crippen LogP contribution in [0, 0.1) is 24.1 Å². The van der Waals surface area contributed by atoms with Crippen molar-refractivity contribution in [2.75, 3.05) is 32.4 Å². The van der Waals surface area contributed by atoms with Gasteiger partial charge in [0.15, 0.2) is 5.78 Å². The number of carbonyl (C=O) groups excluding carboxylic acids is 1. The van der Waals surface area contributed by atoms with Crippen molar-refractivity contribution in [3.63, 3.8) is 0 Å². The third-order valence-corrected chi connectivity index (χ3v) is 4.46. The van der Waals surface area contributed by atoms with Crippen molar-refractivity contribution in [3.8, 4) is 11.8 Å². The molecule has 33 heavy (non-hydrogen) atoms. The maximum atomic E-state index is 13.9. The number of hydrogen-bond donors (Lipinski definition) is 1. The van der Waals surface area contributed by atoms with Crippen molar-refractivity contribution in [2.45, 2.75) is 20.2 Å². The Kier molecular flexibility index (Phi) is 4.05. The van der Waals surface area contributed by atoms with Gasteiger partial charge in [-0.2, -0.15) is 5.26 Å². The van der Waals surface area contributed by atoms with Crippen LogP contribution in [0.15, 0.2) is 48.6 Å². The molecule has 6 nitrogen and oxygen atoms in total. The Labute approximate surface area is 210 Å². The topological polar surface area (TPSA) is 78.2 Å². The van der Waals surface area contributed by atoms with Crippen molar-refractivity contribution in [3.05, 3.63) is 71.1 Å². The van der Waals surface area contributed by atoms with Gasteiger partial charge in [-0.05, 0) is 63.7 Å². The van der Waals surface area contributed by atoms with Crippen LogP contribution in [0.25, 0.3) is 10.9 Å². The lowest BCUT2D eigenvalue weighted by molar-refractivity contribution is -0.114. The maximum Gasteiger partial charge on any atom is 0.159 e. The van der Waals surface area contributed by atoms with Crippen molar-refractivity contribution in [1.29, 1.82) is 5.26 Å². The van der Waals surface area contributed by atoms with Crippen LogP contribution in [0.4, 0.5) is 15.8 Å². The standard InChI is InChI=1S/C26H27FN4O2/c1-5-33-25-14-24-22(13-18(25)12-21(32)7-6-10-31(3)4)26(19(15-28)16-29-24)30-20-8-9-23(27)17(2)11-20/h6-9,11,13-14,16H,5,10,12H2,1-4H3,(H,29,30)/b7-6+/i1D3,3D3,5D2,7D,13D,14D,16D. The van der Waals surface area contributed by atoms with Crippen molar-refractivity contribution < 1.29 is 30.4 Å². The largest absolute Gasteiger partial charge is 0.494 e. The third kappa shape index (κ3) is 5.93. The normalized spacial score (nSPS) is 18.0. The first kappa shape index (κ1) is 12.5. The molecule has 1 N–H and O–H groups in total. The van der Waals surface area contributed by atoms with Gasteiger partial charge in [-0.1, -0.05) is 6.08 Å². The second-order valence-corrected chi connectivity index (χ2v) is 6.99. The van der Waals surface area contributed by atoms with Gasteiger partial charge < -0.3 is 15.0 Å². The van der Waals surface area contributed by atoms with Gasteiger partial charge >= 0.3 is 0 Å². The van der Waals surface area contributed by atoms with Gasteiger partial charge in [-0.15, -0.1) is 0 Å². The van der Waals surface area contributed by atoms with Crippen LogP contribution in [0.5, 0.6) is 5.75 Å². The average molecular weight is 459 g/mol. The smallest absolute Gasteiger partial charge is 0.159 e. The van der Waals surface area contributed by atoms with Crippen LogP contribution in [-0.2, 0) is 11.2 Å². The van der Waals surface area contributed by atoms with E-state index in [1.54, 1.807) is 6.07 Å². The fourth-order valence-corrected chi connectivity index (χ4v) is 2.91. The fraction of sp³-hybridized carbons (Fsp3) is 0.269. The molecule has 0 saturated heterocycles. The fourth-order valence-electron chi connectivity index (χ4n) is 2.91. The minimum absolute atomic E-state index is 0.211. The summed E-state index contributed by atoms with van der Waals surface area (Å²) in [6.45, 7) is -8.23. The molecule has 1 heterocycles. The lowest BCUT2D eigenvalue weighted by Gasteiger charge is -2.15. The van der Waals surface area contributed by atoms with Crippen molar-refractivity contribution in [2.24, 2.45) is 0 Å². The number of ether oxygens (including phenoxy) is 1. The van der Waals surface area contributed by atoms with Gasteiger partial charge in [0.1, 0.15) is 17.6 Å². The van der Waals surface area contributed by atoms with Gasteiger partial charge in [-0.25, -0.2) is 4.39 Å². The Bertz CT molecular complexity index is 1730. The van der Waals surface area contributed by atoms with Gasteiger partial charge in [0, 0.05) is 50.0 Å². The van der Waals surface area contributed by atoms with Crippen molar-refractivity contribution >= 4 is 28.1 Å². The molecular formula is C26H27FN4O2. The summed E-state index contributed by atoms with van der Waals surface area (Å²) in [4.78, 5) is 17.9. The molecule has 0 fully saturated rings. The number of ketones is 1. The molecule has 0 amide bonds. The number of likely N-dealkylation sites (N-methyl/N-ethyl adjacent to an activating group) is 1. The first-order valence-electron chi connectivity index (χ1n) is 15.6. The summed E-state index contributed by atoms with van der Waals surface area (Å²) in [5.41, 5.74) is -1.20. The number of allylic oxidation sites excluding steroid dienone is 1. The molecule has 170 valence electrons. The van der Waals surface area contributed by atoms with E-state index >= 15 is 0 Å². The Morgan fingerprint density at radius 1 is 1.52 bits per heavy atom. The van der Waals surface area contributed by atoms with Crippen LogP contribution in [-0.4, -0.2) is 42.8 Å². The quantitative estimate of drug-likeness (QED) is 0.458. The summed E-state index contributed by atoms with van der Waals surface area (Å²) >= 11 is 0. The highest BCUT2D eigenvalue weighted by Crippen LogP contribution is 2.34. The zero-order chi connectivity index (χ0) is 34.2. The Morgan fingerprint density at radius 2 is 2.36 bits per heavy atom. The van der Waals surface area contributed by atoms with E-state index in [0.29, 0.717) is 0 Å². The predicted octanol–water partition coefficient (Wildman–Crippen LogP) is 4.93. The first-order valence-corrected chi connectivity index (χ1v) is 9.60. The molecule has 7 heteroatoms. The highest BCUT2D eigenvalue weighted by atomic mass is 19.1. The van der Waals surface area contributed by atoms with E-state index in [1.165, 1.54) is 26.1 Å². The molecular weight excluding hydrogens is 419 g/mol. The van der Waals surface area contributed by atoms with E-state index in [1.807, 2.05) is 0 Å². The number of nitrogens with zero attached hydrogens (tertiary/aromatic N) is 3. The number of pyridine rings is 1. The number of halogens is 1. The van der Waals surface area contributed by atoms with E-state index in [4.69, 9.17) is 21.2 Å². The Morgan fingerprint density at radius 3 is 3.09 bits per heavy atom. The minimum atomic E-state index is -3.44. The average Bonchev–Trinajstić information content (AvgIpc) is 2.92. The molecule has 2 aromatic carbocycles. The SMILES string of the molecule is [2H]/C(=C\CN(C)C([2H])([2H])[2H])C(=O)Cc1c(OC([2H])([2H])C([2H])([2H])[2H])c([2H])c2nc([2H])c(C#N)c(Nc3ccc(F)c(C)c3)c2c1[2H]. The number of aromatic nitrogens is 1. The van der Waals surface area contributed by atoms with Gasteiger partial charge in [0.05, 0.1) is 31.6 Å². The van der Waals surface area contributed by atoms with Crippen LogP contribution in [0.1, 0.15) is 40.0 Å². The lowest BCUT2D eigenvalue weighted by Crippen LogP contribution is -2.11. The van der Waals surface area contributed by atoms with Crippen LogP contribution in [0.2, 0.25) is 0 Å². The number of fused-ring (bicyclic) bond motifs is 1. The van der Waals surface area contributed by atoms with Crippen molar-refractivity contribution in [1.82, 2.24) is 9.88 Å². The number of benzene rings is 2. The molecule has 0 spiro atoms. The summed E-state index contributed by atoms with van der Waals surface area (Å²) in [6, 6.07) is 3.43. The maximum absolute atomic E-state index is 13.9. The van der Waals surface area contributed by atoms with Crippen LogP contribution >= 0.6 is 0 Å². The van der Waals surface area contributed by atoms with Gasteiger partial charge in [0.2, 0.25) is 0 Å². The number of carbonyl (C=O) groups is 1. The van der Waals surface area contributed by atoms with E-state index < -0.39 is 85.1 Å². The molecule has 0 aliphatic carbocycles. The number of anilines is 2. The summed E-state index contributed by atoms with van der Waals surface area (Å²) in [5, 5.41) is 12.4. The molecule has 0 saturated carbocycles. The monoisotopic (exact) mass is 458 g/mol. The molecule has 0 unspecified atom stereocenters. The highest BCUT2D eigenvalue weighted by molar-refractivity contribution is 5.98. The minimum Gasteiger partial charge on any atom is -0.494 e. The first-order chi connectivity index (χ1) is 20.6. The Balaban J connectivity index is 2.34. The van der Waals surface area contributed by atoms with Gasteiger partial charge in [-0.3, -0.25) is 9.78 Å². The summed E-state index contributed by atoms with van der Waals surface area (Å²) in [5.74, 6) is -2.42.